The van der Waals surface area contributed by atoms with E-state index in [0.29, 0.717) is 20.3 Å². The van der Waals surface area contributed by atoms with Crippen LogP contribution < -0.4 is 15.4 Å². The van der Waals surface area contributed by atoms with Crippen molar-refractivity contribution < 1.29 is 14.3 Å². The molecule has 1 atom stereocenters. The summed E-state index contributed by atoms with van der Waals surface area (Å²) in [5.41, 5.74) is 0.571. The maximum Gasteiger partial charge on any atom is 0.274 e. The number of aromatic nitrogens is 3. The fraction of sp³-hybridized carbons (Fsp3) is 0.200. The number of carbonyl (C=O) groups is 2. The largest absolute Gasteiger partial charge is 0.437 e. The number of nitrogens with one attached hydrogen (secondary N) is 2. The Morgan fingerprint density at radius 2 is 2.03 bits per heavy atom. The number of hydrogen-bond donors (Lipinski definition) is 2. The van der Waals surface area contributed by atoms with E-state index in [1.807, 2.05) is 24.6 Å². The molecule has 2 amide bonds. The van der Waals surface area contributed by atoms with Gasteiger partial charge in [-0.3, -0.25) is 9.59 Å². The molecular formula is C25H22BrCl2N5O3S. The number of anilines is 1. The molecule has 3 heterocycles. The Balaban J connectivity index is 1.71. The van der Waals surface area contributed by atoms with Gasteiger partial charge in [0.25, 0.3) is 11.8 Å². The minimum absolute atomic E-state index is 0.0525. The number of ether oxygens (including phenoxy) is 1. The van der Waals surface area contributed by atoms with Gasteiger partial charge < -0.3 is 15.4 Å². The molecule has 1 aromatic carbocycles. The van der Waals surface area contributed by atoms with Crippen LogP contribution in [0.3, 0.4) is 0 Å². The maximum absolute atomic E-state index is 13.6. The van der Waals surface area contributed by atoms with Gasteiger partial charge in [0, 0.05) is 33.2 Å². The van der Waals surface area contributed by atoms with E-state index in [1.165, 1.54) is 28.2 Å². The molecule has 192 valence electrons. The van der Waals surface area contributed by atoms with Crippen LogP contribution in [-0.4, -0.2) is 32.6 Å². The van der Waals surface area contributed by atoms with Gasteiger partial charge in [-0.2, -0.15) is 0 Å². The molecule has 2 N–H and O–H groups in total. The Labute approximate surface area is 236 Å². The summed E-state index contributed by atoms with van der Waals surface area (Å²) in [5, 5.41) is 14.5. The molecule has 4 rings (SSSR count). The molecule has 0 bridgehead atoms. The summed E-state index contributed by atoms with van der Waals surface area (Å²) in [5.74, 6) is 0.0763. The Hall–Kier alpha value is -2.92. The monoisotopic (exact) mass is 621 g/mol. The molecule has 0 aliphatic heterocycles. The van der Waals surface area contributed by atoms with E-state index < -0.39 is 5.91 Å². The van der Waals surface area contributed by atoms with Crippen LogP contribution in [0.4, 0.5) is 5.69 Å². The highest BCUT2D eigenvalue weighted by molar-refractivity contribution is 9.10. The lowest BCUT2D eigenvalue weighted by Crippen LogP contribution is -2.33. The average molecular weight is 623 g/mol. The highest BCUT2D eigenvalue weighted by Gasteiger charge is 2.24. The van der Waals surface area contributed by atoms with Crippen molar-refractivity contribution in [2.24, 2.45) is 0 Å². The van der Waals surface area contributed by atoms with Crippen molar-refractivity contribution in [3.8, 4) is 17.4 Å². The molecule has 0 fully saturated rings. The zero-order valence-corrected chi connectivity index (χ0v) is 23.7. The quantitative estimate of drug-likeness (QED) is 0.203. The smallest absolute Gasteiger partial charge is 0.274 e. The van der Waals surface area contributed by atoms with Crippen molar-refractivity contribution in [2.45, 2.75) is 32.7 Å². The average Bonchev–Trinajstić information content (AvgIpc) is 3.51. The lowest BCUT2D eigenvalue weighted by Gasteiger charge is -2.17. The number of rotatable bonds is 9. The Morgan fingerprint density at radius 1 is 1.22 bits per heavy atom. The maximum atomic E-state index is 13.6. The van der Waals surface area contributed by atoms with Gasteiger partial charge in [0.1, 0.15) is 11.4 Å². The zero-order chi connectivity index (χ0) is 26.5. The molecular weight excluding hydrogens is 601 g/mol. The van der Waals surface area contributed by atoms with Crippen molar-refractivity contribution in [3.63, 3.8) is 0 Å². The fourth-order valence-corrected chi connectivity index (χ4v) is 5.22. The Bertz CT molecular complexity index is 1430. The molecule has 0 aliphatic rings. The van der Waals surface area contributed by atoms with Gasteiger partial charge in [-0.15, -0.1) is 16.4 Å². The lowest BCUT2D eigenvalue weighted by atomic mass is 10.1. The second-order valence-corrected chi connectivity index (χ2v) is 10.6. The molecule has 1 unspecified atom stereocenters. The molecule has 37 heavy (non-hydrogen) atoms. The predicted octanol–water partition coefficient (Wildman–Crippen LogP) is 7.36. The van der Waals surface area contributed by atoms with Crippen LogP contribution in [0.15, 0.2) is 57.8 Å². The Kier molecular flexibility index (Phi) is 8.86. The third-order valence-electron chi connectivity index (χ3n) is 5.21. The van der Waals surface area contributed by atoms with Crippen molar-refractivity contribution in [3.05, 3.63) is 79.1 Å². The SMILES string of the molecule is CCCC(C)NC(=O)c1cc(Cl)cc(Br)c1NC(=O)c1cc(Oc2ccsc2)nn1-c1ncccc1Cl. The number of hydrogen-bond acceptors (Lipinski definition) is 6. The van der Waals surface area contributed by atoms with E-state index in [2.05, 4.69) is 36.6 Å². The van der Waals surface area contributed by atoms with E-state index in [9.17, 15) is 9.59 Å². The van der Waals surface area contributed by atoms with Crippen molar-refractivity contribution >= 4 is 68.0 Å². The molecule has 0 radical (unpaired) electrons. The summed E-state index contributed by atoms with van der Waals surface area (Å²) in [6, 6.07) is 9.63. The summed E-state index contributed by atoms with van der Waals surface area (Å²) in [7, 11) is 0. The van der Waals surface area contributed by atoms with E-state index >= 15 is 0 Å². The van der Waals surface area contributed by atoms with Crippen LogP contribution in [0, 0.1) is 0 Å². The second kappa shape index (κ2) is 12.1. The molecule has 3 aromatic heterocycles. The first-order valence-electron chi connectivity index (χ1n) is 11.3. The summed E-state index contributed by atoms with van der Waals surface area (Å²) in [6.07, 6.45) is 3.27. The molecule has 0 saturated heterocycles. The number of amides is 2. The van der Waals surface area contributed by atoms with Crippen LogP contribution in [0.1, 0.15) is 47.5 Å². The first kappa shape index (κ1) is 27.1. The zero-order valence-electron chi connectivity index (χ0n) is 19.8. The highest BCUT2D eigenvalue weighted by atomic mass is 79.9. The highest BCUT2D eigenvalue weighted by Crippen LogP contribution is 2.32. The molecule has 12 heteroatoms. The van der Waals surface area contributed by atoms with Gasteiger partial charge in [-0.1, -0.05) is 36.5 Å². The van der Waals surface area contributed by atoms with Crippen molar-refractivity contribution in [2.75, 3.05) is 5.32 Å². The van der Waals surface area contributed by atoms with Gasteiger partial charge in [0.15, 0.2) is 5.82 Å². The Morgan fingerprint density at radius 3 is 2.73 bits per heavy atom. The number of benzene rings is 1. The topological polar surface area (TPSA) is 98.1 Å². The minimum Gasteiger partial charge on any atom is -0.437 e. The molecule has 0 spiro atoms. The van der Waals surface area contributed by atoms with Crippen LogP contribution in [-0.2, 0) is 0 Å². The fourth-order valence-electron chi connectivity index (χ4n) is 3.56. The third-order valence-corrected chi connectivity index (χ3v) is 7.01. The lowest BCUT2D eigenvalue weighted by molar-refractivity contribution is 0.0939. The third kappa shape index (κ3) is 6.51. The molecule has 0 aliphatic carbocycles. The summed E-state index contributed by atoms with van der Waals surface area (Å²) < 4.78 is 7.55. The second-order valence-electron chi connectivity index (χ2n) is 8.08. The van der Waals surface area contributed by atoms with Gasteiger partial charge in [-0.25, -0.2) is 9.67 Å². The van der Waals surface area contributed by atoms with Crippen molar-refractivity contribution in [1.82, 2.24) is 20.1 Å². The number of halogens is 3. The van der Waals surface area contributed by atoms with Crippen LogP contribution >= 0.6 is 50.5 Å². The summed E-state index contributed by atoms with van der Waals surface area (Å²) >= 11 is 17.5. The molecule has 4 aromatic rings. The molecule has 8 nitrogen and oxygen atoms in total. The number of carbonyl (C=O) groups excluding carboxylic acids is 2. The molecule has 0 saturated carbocycles. The summed E-state index contributed by atoms with van der Waals surface area (Å²) in [6.45, 7) is 3.96. The van der Waals surface area contributed by atoms with E-state index in [-0.39, 0.29) is 40.6 Å². The minimum atomic E-state index is -0.562. The van der Waals surface area contributed by atoms with E-state index in [1.54, 1.807) is 30.5 Å². The first-order chi connectivity index (χ1) is 17.8. The van der Waals surface area contributed by atoms with E-state index in [0.717, 1.165) is 12.8 Å². The summed E-state index contributed by atoms with van der Waals surface area (Å²) in [4.78, 5) is 31.0. The van der Waals surface area contributed by atoms with Gasteiger partial charge >= 0.3 is 0 Å². The first-order valence-corrected chi connectivity index (χ1v) is 13.8. The number of nitrogens with zero attached hydrogens (tertiary/aromatic N) is 3. The predicted molar refractivity (Wildman–Crippen MR) is 150 cm³/mol. The van der Waals surface area contributed by atoms with Gasteiger partial charge in [0.2, 0.25) is 5.88 Å². The van der Waals surface area contributed by atoms with Crippen molar-refractivity contribution in [1.29, 1.82) is 0 Å². The van der Waals surface area contributed by atoms with E-state index in [4.69, 9.17) is 27.9 Å². The number of pyridine rings is 1. The van der Waals surface area contributed by atoms with Gasteiger partial charge in [0.05, 0.1) is 16.3 Å². The normalized spacial score (nSPS) is 11.7. The van der Waals surface area contributed by atoms with Gasteiger partial charge in [-0.05, 0) is 65.0 Å². The van der Waals surface area contributed by atoms with Crippen LogP contribution in [0.2, 0.25) is 10.0 Å². The standard InChI is InChI=1S/C25H22BrCl2N5O3S/c1-3-5-14(2)30-24(34)17-10-15(27)11-18(26)22(17)31-25(35)20-12-21(36-16-7-9-37-13-16)32-33(20)23-19(28)6-4-8-29-23/h4,6-14H,3,5H2,1-2H3,(H,30,34)(H,31,35). The van der Waals surface area contributed by atoms with Crippen LogP contribution in [0.25, 0.3) is 5.82 Å². The van der Waals surface area contributed by atoms with Crippen LogP contribution in [0.5, 0.6) is 11.6 Å². The number of thiophene rings is 1.